The molecule has 0 radical (unpaired) electrons. The van der Waals surface area contributed by atoms with Crippen LogP contribution in [0.15, 0.2) is 0 Å². The minimum atomic E-state index is -5.54. The van der Waals surface area contributed by atoms with E-state index < -0.39 is 30.8 Å². The molecule has 10 heavy (non-hydrogen) atoms. The number of hydrogen-bond acceptors (Lipinski definition) is 3. The predicted molar refractivity (Wildman–Crippen MR) is 26.4 cm³/mol. The zero-order valence-corrected chi connectivity index (χ0v) is 5.78. The molecule has 0 bridgehead atoms. The van der Waals surface area contributed by atoms with Crippen LogP contribution in [0.5, 0.6) is 0 Å². The zero-order valence-electron chi connectivity index (χ0n) is 4.14. The van der Waals surface area contributed by atoms with E-state index in [1.165, 1.54) is 0 Å². The third kappa shape index (κ3) is 0.685. The topological polar surface area (TPSA) is 34.1 Å². The van der Waals surface area contributed by atoms with Gasteiger partial charge in [0.1, 0.15) is 0 Å². The van der Waals surface area contributed by atoms with Crippen LogP contribution < -0.4 is 0 Å². The van der Waals surface area contributed by atoms with Crippen molar-refractivity contribution in [2.45, 2.75) is 9.17 Å². The second-order valence-electron chi connectivity index (χ2n) is 1.53. The Morgan fingerprint density at radius 2 is 1.30 bits per heavy atom. The van der Waals surface area contributed by atoms with E-state index in [0.29, 0.717) is 0 Å². The molecule has 0 saturated carbocycles. The molecule has 1 rings (SSSR count). The van der Waals surface area contributed by atoms with Crippen molar-refractivity contribution in [3.63, 3.8) is 0 Å². The van der Waals surface area contributed by atoms with Crippen molar-refractivity contribution in [1.82, 2.24) is 0 Å². The molecule has 1 fully saturated rings. The molecule has 1 aliphatic rings. The summed E-state index contributed by atoms with van der Waals surface area (Å²) >= 11 is -1.16. The van der Waals surface area contributed by atoms with Crippen LogP contribution in [0.2, 0.25) is 0 Å². The van der Waals surface area contributed by atoms with E-state index in [2.05, 4.69) is 0 Å². The summed E-state index contributed by atoms with van der Waals surface area (Å²) in [5.74, 6) is 0. The van der Waals surface area contributed by atoms with Gasteiger partial charge in [0, 0.05) is 11.8 Å². The summed E-state index contributed by atoms with van der Waals surface area (Å²) in [6, 6.07) is 0. The monoisotopic (exact) mass is 196 g/mol. The molecule has 0 aromatic rings. The Labute approximate surface area is 57.5 Å². The normalized spacial score (nSPS) is 32.8. The fourth-order valence-corrected chi connectivity index (χ4v) is 2.47. The van der Waals surface area contributed by atoms with Gasteiger partial charge >= 0.3 is 19.0 Å². The molecule has 1 heterocycles. The van der Waals surface area contributed by atoms with Crippen molar-refractivity contribution in [3.05, 3.63) is 0 Å². The summed E-state index contributed by atoms with van der Waals surface area (Å²) in [4.78, 5) is 0. The van der Waals surface area contributed by atoms with Gasteiger partial charge in [0.25, 0.3) is 0 Å². The van der Waals surface area contributed by atoms with Gasteiger partial charge in [-0.25, -0.2) is 8.42 Å². The van der Waals surface area contributed by atoms with Crippen LogP contribution in [-0.2, 0) is 9.84 Å². The maximum atomic E-state index is 11.7. The zero-order chi connectivity index (χ0) is 8.21. The summed E-state index contributed by atoms with van der Waals surface area (Å²) in [5, 5.41) is 0. The molecule has 8 heteroatoms. The average molecular weight is 196 g/mol. The van der Waals surface area contributed by atoms with Gasteiger partial charge in [0.05, 0.1) is 0 Å². The van der Waals surface area contributed by atoms with Gasteiger partial charge in [-0.2, -0.15) is 17.6 Å². The Balaban J connectivity index is 3.09. The SMILES string of the molecule is O=S1(=O)C(F)(F)SC1(F)F. The number of hydrogen-bond donors (Lipinski definition) is 0. The van der Waals surface area contributed by atoms with Crippen LogP contribution in [-0.4, -0.2) is 17.6 Å². The number of halogens is 4. The minimum Gasteiger partial charge on any atom is -0.214 e. The second kappa shape index (κ2) is 1.60. The molecule has 0 atom stereocenters. The van der Waals surface area contributed by atoms with Crippen LogP contribution in [0.1, 0.15) is 0 Å². The van der Waals surface area contributed by atoms with Crippen molar-refractivity contribution in [2.24, 2.45) is 0 Å². The average Bonchev–Trinajstić information content (AvgIpc) is 1.61. The molecule has 1 saturated heterocycles. The lowest BCUT2D eigenvalue weighted by molar-refractivity contribution is 0.112. The van der Waals surface area contributed by atoms with Gasteiger partial charge in [0.2, 0.25) is 0 Å². The summed E-state index contributed by atoms with van der Waals surface area (Å²) < 4.78 is 58.0. The van der Waals surface area contributed by atoms with Crippen LogP contribution in [0, 0.1) is 0 Å². The van der Waals surface area contributed by atoms with E-state index >= 15 is 0 Å². The molecule has 2 nitrogen and oxygen atoms in total. The second-order valence-corrected chi connectivity index (χ2v) is 5.31. The Bertz CT molecular complexity index is 234. The number of sulfone groups is 1. The van der Waals surface area contributed by atoms with Crippen LogP contribution in [0.3, 0.4) is 0 Å². The molecular weight excluding hydrogens is 196 g/mol. The highest BCUT2D eigenvalue weighted by Gasteiger charge is 2.76. The smallest absolute Gasteiger partial charge is 0.214 e. The van der Waals surface area contributed by atoms with E-state index in [1.807, 2.05) is 0 Å². The molecule has 0 unspecified atom stereocenters. The fraction of sp³-hybridized carbons (Fsp3) is 1.00. The van der Waals surface area contributed by atoms with Crippen LogP contribution >= 0.6 is 11.8 Å². The van der Waals surface area contributed by atoms with Crippen LogP contribution in [0.25, 0.3) is 0 Å². The Morgan fingerprint density at radius 3 is 1.30 bits per heavy atom. The van der Waals surface area contributed by atoms with Gasteiger partial charge in [-0.1, -0.05) is 0 Å². The number of thioether (sulfide) groups is 1. The van der Waals surface area contributed by atoms with E-state index in [-0.39, 0.29) is 0 Å². The van der Waals surface area contributed by atoms with Crippen molar-refractivity contribution < 1.29 is 26.0 Å². The third-order valence-corrected chi connectivity index (χ3v) is 4.41. The van der Waals surface area contributed by atoms with Gasteiger partial charge < -0.3 is 0 Å². The molecule has 60 valence electrons. The molecule has 0 amide bonds. The Kier molecular flexibility index (Phi) is 1.30. The van der Waals surface area contributed by atoms with Crippen molar-refractivity contribution in [3.8, 4) is 0 Å². The maximum absolute atomic E-state index is 11.7. The van der Waals surface area contributed by atoms with Gasteiger partial charge in [-0.15, -0.1) is 0 Å². The van der Waals surface area contributed by atoms with Gasteiger partial charge in [-0.3, -0.25) is 0 Å². The molecule has 0 aromatic heterocycles. The Morgan fingerprint density at radius 1 is 1.00 bits per heavy atom. The molecular formula is C2F4O2S2. The largest absolute Gasteiger partial charge is 0.406 e. The van der Waals surface area contributed by atoms with Crippen molar-refractivity contribution in [1.29, 1.82) is 0 Å². The van der Waals surface area contributed by atoms with E-state index in [1.54, 1.807) is 0 Å². The number of alkyl halides is 4. The Hall–Kier alpha value is 0.0200. The molecule has 0 aromatic carbocycles. The van der Waals surface area contributed by atoms with Crippen molar-refractivity contribution in [2.75, 3.05) is 0 Å². The highest BCUT2D eigenvalue weighted by molar-refractivity contribution is 8.30. The minimum absolute atomic E-state index is 1.16. The first-order chi connectivity index (χ1) is 4.21. The molecule has 0 aliphatic carbocycles. The first-order valence-electron chi connectivity index (χ1n) is 1.91. The maximum Gasteiger partial charge on any atom is 0.406 e. The summed E-state index contributed by atoms with van der Waals surface area (Å²) in [6.07, 6.45) is 0. The van der Waals surface area contributed by atoms with Gasteiger partial charge in [-0.05, 0) is 0 Å². The molecule has 0 spiro atoms. The predicted octanol–water partition coefficient (Wildman–Crippen LogP) is 1.25. The quantitative estimate of drug-likeness (QED) is 0.547. The highest BCUT2D eigenvalue weighted by atomic mass is 32.3. The lowest BCUT2D eigenvalue weighted by Crippen LogP contribution is -2.50. The first kappa shape index (κ1) is 8.12. The third-order valence-electron chi connectivity index (χ3n) is 0.863. The fourth-order valence-electron chi connectivity index (χ4n) is 0.352. The highest BCUT2D eigenvalue weighted by Crippen LogP contribution is 2.61. The molecule has 0 N–H and O–H groups in total. The van der Waals surface area contributed by atoms with E-state index in [9.17, 15) is 26.0 Å². The first-order valence-corrected chi connectivity index (χ1v) is 4.21. The van der Waals surface area contributed by atoms with Crippen molar-refractivity contribution >= 4 is 21.6 Å². The van der Waals surface area contributed by atoms with E-state index in [4.69, 9.17) is 0 Å². The summed E-state index contributed by atoms with van der Waals surface area (Å²) in [7, 11) is -5.54. The van der Waals surface area contributed by atoms with Crippen LogP contribution in [0.4, 0.5) is 17.6 Å². The lowest BCUT2D eigenvalue weighted by Gasteiger charge is -2.32. The lowest BCUT2D eigenvalue weighted by atomic mass is 11.5. The van der Waals surface area contributed by atoms with E-state index in [0.717, 1.165) is 0 Å². The summed E-state index contributed by atoms with van der Waals surface area (Å²) in [6.45, 7) is 0. The number of rotatable bonds is 0. The van der Waals surface area contributed by atoms with Gasteiger partial charge in [0.15, 0.2) is 0 Å². The molecule has 1 aliphatic heterocycles. The standard InChI is InChI=1S/C2F4O2S2/c3-1(4)9-2(5,6)10(1,7)8. The summed E-state index contributed by atoms with van der Waals surface area (Å²) in [5.41, 5.74) is 0.